The number of amides is 1. The normalized spacial score (nSPS) is 12.3. The molecule has 1 atom stereocenters. The van der Waals surface area contributed by atoms with E-state index in [9.17, 15) is 9.90 Å². The number of anilines is 1. The highest BCUT2D eigenvalue weighted by Gasteiger charge is 2.35. The Morgan fingerprint density at radius 3 is 2.37 bits per heavy atom. The van der Waals surface area contributed by atoms with E-state index >= 15 is 0 Å². The molecule has 0 aromatic heterocycles. The van der Waals surface area contributed by atoms with E-state index in [2.05, 4.69) is 5.32 Å². The maximum Gasteiger partial charge on any atom is 0.412 e. The van der Waals surface area contributed by atoms with E-state index in [1.807, 2.05) is 50.2 Å². The Balaban J connectivity index is 2.28. The summed E-state index contributed by atoms with van der Waals surface area (Å²) in [6.45, 7) is 3.83. The van der Waals surface area contributed by atoms with Crippen LogP contribution >= 0.6 is 0 Å². The minimum absolute atomic E-state index is 0.0349. The van der Waals surface area contributed by atoms with Crippen LogP contribution in [-0.4, -0.2) is 36.1 Å². The first-order valence-corrected chi connectivity index (χ1v) is 8.94. The minimum atomic E-state index is -0.650. The largest absolute Gasteiger partial charge is 0.491 e. The lowest BCUT2D eigenvalue weighted by molar-refractivity contribution is 0.0133. The molecule has 27 heavy (non-hydrogen) atoms. The molecule has 0 aliphatic carbocycles. The van der Waals surface area contributed by atoms with Gasteiger partial charge in [-0.3, -0.25) is 5.32 Å². The Labute approximate surface area is 159 Å². The van der Waals surface area contributed by atoms with Gasteiger partial charge >= 0.3 is 6.09 Å². The zero-order chi connectivity index (χ0) is 19.7. The lowest BCUT2D eigenvalue weighted by atomic mass is 9.79. The van der Waals surface area contributed by atoms with E-state index in [4.69, 9.17) is 14.6 Å². The number of benzene rings is 2. The smallest absolute Gasteiger partial charge is 0.412 e. The molecule has 0 spiro atoms. The lowest BCUT2D eigenvalue weighted by Crippen LogP contribution is -2.30. The van der Waals surface area contributed by atoms with Gasteiger partial charge in [-0.05, 0) is 24.6 Å². The topological polar surface area (TPSA) is 88.0 Å². The Hall–Kier alpha value is -2.57. The van der Waals surface area contributed by atoms with Crippen molar-refractivity contribution in [2.24, 2.45) is 5.41 Å². The molecule has 0 bridgehead atoms. The second-order valence-electron chi connectivity index (χ2n) is 6.85. The van der Waals surface area contributed by atoms with Gasteiger partial charge in [0, 0.05) is 23.3 Å². The first kappa shape index (κ1) is 20.7. The van der Waals surface area contributed by atoms with Crippen LogP contribution < -0.4 is 10.1 Å². The average molecular weight is 373 g/mol. The van der Waals surface area contributed by atoms with Crippen LogP contribution in [0.15, 0.2) is 54.6 Å². The van der Waals surface area contributed by atoms with Crippen LogP contribution in [0.25, 0.3) is 0 Å². The molecule has 0 unspecified atom stereocenters. The van der Waals surface area contributed by atoms with E-state index in [1.54, 1.807) is 18.2 Å². The number of hydrogen-bond acceptors (Lipinski definition) is 5. The molecule has 0 radical (unpaired) electrons. The highest BCUT2D eigenvalue weighted by atomic mass is 16.6. The summed E-state index contributed by atoms with van der Waals surface area (Å²) in [7, 11) is 0. The highest BCUT2D eigenvalue weighted by molar-refractivity contribution is 5.84. The number of carbonyl (C=O) groups excluding carboxylic acids is 1. The van der Waals surface area contributed by atoms with Crippen LogP contribution in [0.2, 0.25) is 0 Å². The molecule has 0 saturated carbocycles. The van der Waals surface area contributed by atoms with Crippen molar-refractivity contribution >= 4 is 11.8 Å². The van der Waals surface area contributed by atoms with E-state index in [0.717, 1.165) is 0 Å². The number of aliphatic hydroxyl groups is 2. The SMILES string of the molecule is CC(C)(CCO)[C@@H](OC(=O)Nc1ccccc1)c1ccccc1OCCO. The molecular weight excluding hydrogens is 346 g/mol. The summed E-state index contributed by atoms with van der Waals surface area (Å²) in [5, 5.41) is 21.2. The third-order valence-electron chi connectivity index (χ3n) is 4.26. The van der Waals surface area contributed by atoms with Crippen LogP contribution in [0.4, 0.5) is 10.5 Å². The molecule has 6 nitrogen and oxygen atoms in total. The van der Waals surface area contributed by atoms with Gasteiger partial charge in [0.2, 0.25) is 0 Å². The van der Waals surface area contributed by atoms with E-state index in [0.29, 0.717) is 23.4 Å². The van der Waals surface area contributed by atoms with Crippen LogP contribution in [0.5, 0.6) is 5.75 Å². The maximum atomic E-state index is 12.5. The third-order valence-corrected chi connectivity index (χ3v) is 4.26. The fourth-order valence-electron chi connectivity index (χ4n) is 2.82. The van der Waals surface area contributed by atoms with Crippen LogP contribution in [0.3, 0.4) is 0 Å². The highest BCUT2D eigenvalue weighted by Crippen LogP contribution is 2.43. The van der Waals surface area contributed by atoms with Gasteiger partial charge in [0.15, 0.2) is 0 Å². The second-order valence-corrected chi connectivity index (χ2v) is 6.85. The van der Waals surface area contributed by atoms with Gasteiger partial charge in [-0.2, -0.15) is 0 Å². The summed E-state index contributed by atoms with van der Waals surface area (Å²) in [4.78, 5) is 12.5. The first-order valence-electron chi connectivity index (χ1n) is 8.94. The fourth-order valence-corrected chi connectivity index (χ4v) is 2.82. The quantitative estimate of drug-likeness (QED) is 0.623. The zero-order valence-corrected chi connectivity index (χ0v) is 15.7. The summed E-state index contributed by atoms with van der Waals surface area (Å²) in [6.07, 6.45) is -0.803. The molecule has 146 valence electrons. The Morgan fingerprint density at radius 1 is 1.04 bits per heavy atom. The zero-order valence-electron chi connectivity index (χ0n) is 15.7. The number of aliphatic hydroxyl groups excluding tert-OH is 2. The predicted octanol–water partition coefficient (Wildman–Crippen LogP) is 3.76. The van der Waals surface area contributed by atoms with Gasteiger partial charge in [0.25, 0.3) is 0 Å². The summed E-state index contributed by atoms with van der Waals surface area (Å²) in [5.41, 5.74) is 0.778. The monoisotopic (exact) mass is 373 g/mol. The third kappa shape index (κ3) is 5.98. The van der Waals surface area contributed by atoms with Gasteiger partial charge < -0.3 is 19.7 Å². The Bertz CT molecular complexity index is 718. The van der Waals surface area contributed by atoms with Gasteiger partial charge in [0.1, 0.15) is 18.5 Å². The maximum absolute atomic E-state index is 12.5. The van der Waals surface area contributed by atoms with Crippen LogP contribution in [0.1, 0.15) is 31.9 Å². The van der Waals surface area contributed by atoms with Crippen molar-refractivity contribution in [3.8, 4) is 5.75 Å². The molecule has 0 heterocycles. The molecule has 0 aliphatic rings. The Kier molecular flexibility index (Phi) is 7.64. The summed E-state index contributed by atoms with van der Waals surface area (Å²) in [5.74, 6) is 0.537. The van der Waals surface area contributed by atoms with E-state index in [1.165, 1.54) is 0 Å². The molecule has 0 fully saturated rings. The summed E-state index contributed by atoms with van der Waals surface area (Å²) >= 11 is 0. The summed E-state index contributed by atoms with van der Waals surface area (Å²) < 4.78 is 11.4. The van der Waals surface area contributed by atoms with Gasteiger partial charge in [-0.15, -0.1) is 0 Å². The second kappa shape index (κ2) is 9.94. The van der Waals surface area contributed by atoms with Gasteiger partial charge in [0.05, 0.1) is 6.61 Å². The minimum Gasteiger partial charge on any atom is -0.491 e. The number of hydrogen-bond donors (Lipinski definition) is 3. The number of ether oxygens (including phenoxy) is 2. The molecule has 3 N–H and O–H groups in total. The average Bonchev–Trinajstić information content (AvgIpc) is 2.65. The first-order chi connectivity index (χ1) is 13.0. The molecule has 2 aromatic carbocycles. The molecule has 2 aromatic rings. The van der Waals surface area contributed by atoms with Crippen LogP contribution in [-0.2, 0) is 4.74 Å². The van der Waals surface area contributed by atoms with Crippen molar-refractivity contribution in [2.45, 2.75) is 26.4 Å². The van der Waals surface area contributed by atoms with Crippen molar-refractivity contribution in [3.63, 3.8) is 0 Å². The van der Waals surface area contributed by atoms with Crippen molar-refractivity contribution in [1.29, 1.82) is 0 Å². The van der Waals surface area contributed by atoms with Crippen molar-refractivity contribution in [3.05, 3.63) is 60.2 Å². The molecular formula is C21H27NO5. The van der Waals surface area contributed by atoms with Crippen LogP contribution in [0, 0.1) is 5.41 Å². The molecule has 0 saturated heterocycles. The van der Waals surface area contributed by atoms with Crippen molar-refractivity contribution in [2.75, 3.05) is 25.1 Å². The fraction of sp³-hybridized carbons (Fsp3) is 0.381. The standard InChI is InChI=1S/C21H27NO5/c1-21(2,12-13-23)19(17-10-6-7-11-18(17)26-15-14-24)27-20(25)22-16-8-4-3-5-9-16/h3-11,19,23-24H,12-15H2,1-2H3,(H,22,25)/t19-/m0/s1. The predicted molar refractivity (Wildman–Crippen MR) is 104 cm³/mol. The van der Waals surface area contributed by atoms with Gasteiger partial charge in [-0.1, -0.05) is 50.2 Å². The molecule has 2 rings (SSSR count). The Morgan fingerprint density at radius 2 is 1.70 bits per heavy atom. The number of para-hydroxylation sites is 2. The molecule has 0 aliphatic heterocycles. The van der Waals surface area contributed by atoms with Crippen molar-refractivity contribution in [1.82, 2.24) is 0 Å². The number of nitrogens with one attached hydrogen (secondary N) is 1. The van der Waals surface area contributed by atoms with Gasteiger partial charge in [-0.25, -0.2) is 4.79 Å². The lowest BCUT2D eigenvalue weighted by Gasteiger charge is -2.34. The number of carbonyl (C=O) groups is 1. The van der Waals surface area contributed by atoms with E-state index < -0.39 is 17.6 Å². The summed E-state index contributed by atoms with van der Waals surface area (Å²) in [6, 6.07) is 16.3. The number of rotatable bonds is 9. The molecule has 1 amide bonds. The van der Waals surface area contributed by atoms with Crippen molar-refractivity contribution < 1.29 is 24.5 Å². The van der Waals surface area contributed by atoms with E-state index in [-0.39, 0.29) is 19.8 Å². The molecule has 6 heteroatoms.